The molecule has 11 heteroatoms. The van der Waals surface area contributed by atoms with Crippen molar-refractivity contribution in [3.63, 3.8) is 0 Å². The number of pyridine rings is 1. The summed E-state index contributed by atoms with van der Waals surface area (Å²) in [5.74, 6) is -1.25. The van der Waals surface area contributed by atoms with E-state index < -0.39 is 28.8 Å². The van der Waals surface area contributed by atoms with Crippen LogP contribution in [0.3, 0.4) is 0 Å². The van der Waals surface area contributed by atoms with Crippen LogP contribution in [0, 0.1) is 5.82 Å². The molecule has 2 heterocycles. The molecule has 41 heavy (non-hydrogen) atoms. The summed E-state index contributed by atoms with van der Waals surface area (Å²) in [6.45, 7) is 0.0561. The number of anilines is 2. The van der Waals surface area contributed by atoms with Gasteiger partial charge in [0.1, 0.15) is 22.6 Å². The summed E-state index contributed by atoms with van der Waals surface area (Å²) in [4.78, 5) is 53.1. The van der Waals surface area contributed by atoms with Gasteiger partial charge in [0.15, 0.2) is 0 Å². The monoisotopic (exact) mass is 572 g/mol. The molecule has 1 fully saturated rings. The number of carbonyl (C=O) groups is 2. The molecule has 0 spiro atoms. The van der Waals surface area contributed by atoms with Crippen LogP contribution < -0.4 is 21.2 Å². The van der Waals surface area contributed by atoms with E-state index in [0.29, 0.717) is 16.0 Å². The third-order valence-corrected chi connectivity index (χ3v) is 7.82. The van der Waals surface area contributed by atoms with Gasteiger partial charge >= 0.3 is 6.09 Å². The van der Waals surface area contributed by atoms with Crippen molar-refractivity contribution in [3.8, 4) is 0 Å². The van der Waals surface area contributed by atoms with Gasteiger partial charge in [-0.3, -0.25) is 23.7 Å². The number of hydrogen-bond acceptors (Lipinski definition) is 6. The summed E-state index contributed by atoms with van der Waals surface area (Å²) in [6, 6.07) is 20.5. The molecule has 2 amide bonds. The van der Waals surface area contributed by atoms with Crippen LogP contribution in [-0.4, -0.2) is 27.5 Å². The number of nitrogens with one attached hydrogen (secondary N) is 2. The number of aromatic nitrogens is 2. The van der Waals surface area contributed by atoms with Crippen LogP contribution in [-0.2, 0) is 16.1 Å². The predicted octanol–water partition coefficient (Wildman–Crippen LogP) is 5.36. The first-order chi connectivity index (χ1) is 19.9. The Kier molecular flexibility index (Phi) is 7.10. The number of ether oxygens (including phenoxy) is 1. The lowest BCUT2D eigenvalue weighted by Crippen LogP contribution is -2.32. The third-order valence-electron chi connectivity index (χ3n) is 6.93. The molecule has 2 N–H and O–H groups in total. The Morgan fingerprint density at radius 2 is 1.76 bits per heavy atom. The maximum atomic E-state index is 15.8. The quantitative estimate of drug-likeness (QED) is 0.260. The van der Waals surface area contributed by atoms with Crippen LogP contribution in [0.4, 0.5) is 20.6 Å². The van der Waals surface area contributed by atoms with E-state index in [2.05, 4.69) is 9.69 Å². The second-order valence-corrected chi connectivity index (χ2v) is 10.6. The van der Waals surface area contributed by atoms with E-state index in [1.807, 2.05) is 34.9 Å². The maximum Gasteiger partial charge on any atom is 0.407 e. The number of aromatic amines is 1. The van der Waals surface area contributed by atoms with Crippen molar-refractivity contribution in [2.45, 2.75) is 31.9 Å². The molecule has 0 bridgehead atoms. The molecule has 208 valence electrons. The third kappa shape index (κ3) is 5.23. The van der Waals surface area contributed by atoms with E-state index in [9.17, 15) is 19.2 Å². The van der Waals surface area contributed by atoms with Crippen molar-refractivity contribution in [1.82, 2.24) is 14.3 Å². The topological polar surface area (TPSA) is 114 Å². The molecule has 6 rings (SSSR count). The molecular formula is C30H25FN4O5S. The van der Waals surface area contributed by atoms with Gasteiger partial charge in [-0.2, -0.15) is 0 Å². The van der Waals surface area contributed by atoms with Crippen molar-refractivity contribution in [2.24, 2.45) is 0 Å². The molecule has 0 radical (unpaired) electrons. The summed E-state index contributed by atoms with van der Waals surface area (Å²) < 4.78 is 25.5. The zero-order chi connectivity index (χ0) is 28.5. The highest BCUT2D eigenvalue weighted by Crippen LogP contribution is 2.41. The lowest BCUT2D eigenvalue weighted by atomic mass is 10.1. The second kappa shape index (κ2) is 11.0. The van der Waals surface area contributed by atoms with Crippen LogP contribution in [0.1, 0.15) is 30.9 Å². The first kappa shape index (κ1) is 26.5. The van der Waals surface area contributed by atoms with Gasteiger partial charge < -0.3 is 14.6 Å². The first-order valence-electron chi connectivity index (χ1n) is 13.1. The van der Waals surface area contributed by atoms with E-state index in [1.54, 1.807) is 30.3 Å². The lowest BCUT2D eigenvalue weighted by molar-refractivity contribution is -0.117. The second-order valence-electron chi connectivity index (χ2n) is 9.77. The summed E-state index contributed by atoms with van der Waals surface area (Å²) in [5.41, 5.74) is 0.636. The van der Waals surface area contributed by atoms with Gasteiger partial charge in [-0.05, 0) is 54.2 Å². The van der Waals surface area contributed by atoms with Crippen molar-refractivity contribution in [3.05, 3.63) is 105 Å². The number of alkyl carbamates (subject to hydrolysis) is 1. The van der Waals surface area contributed by atoms with Gasteiger partial charge in [-0.1, -0.05) is 48.5 Å². The number of fused-ring (bicyclic) bond motifs is 2. The molecule has 5 aromatic rings. The molecule has 9 nitrogen and oxygen atoms in total. The Balaban J connectivity index is 1.31. The molecular weight excluding hydrogens is 547 g/mol. The number of amides is 2. The van der Waals surface area contributed by atoms with Gasteiger partial charge in [0.05, 0.1) is 11.2 Å². The Hall–Kier alpha value is -4.77. The minimum atomic E-state index is -0.782. The van der Waals surface area contributed by atoms with Gasteiger partial charge in [0, 0.05) is 30.1 Å². The lowest BCUT2D eigenvalue weighted by Gasteiger charge is -2.25. The summed E-state index contributed by atoms with van der Waals surface area (Å²) in [5, 5.41) is 2.67. The number of H-pyrrole nitrogens is 1. The predicted molar refractivity (Wildman–Crippen MR) is 155 cm³/mol. The molecule has 2 aromatic heterocycles. The number of rotatable bonds is 8. The van der Waals surface area contributed by atoms with Crippen LogP contribution in [0.2, 0.25) is 0 Å². The van der Waals surface area contributed by atoms with E-state index >= 15 is 4.39 Å². The number of nitrogens with zero attached hydrogens (tertiary/aromatic N) is 2. The standard InChI is InChI=1S/C30H25FN4O5S/c31-22-15-21-23(35(20-11-12-20)29-26(27(21)37)28(38)33-41-29)16-24(22)34(19-9-5-2-6-10-19)25(36)13-14-32-30(39)40-17-18-7-3-1-4-8-18/h1-10,15-16,20H,11-14,17H2,(H,32,39)(H,33,38). The zero-order valence-electron chi connectivity index (χ0n) is 21.8. The van der Waals surface area contributed by atoms with E-state index in [0.717, 1.165) is 36.0 Å². The van der Waals surface area contributed by atoms with Gasteiger partial charge in [-0.15, -0.1) is 0 Å². The fourth-order valence-electron chi connectivity index (χ4n) is 4.86. The Morgan fingerprint density at radius 3 is 2.46 bits per heavy atom. The van der Waals surface area contributed by atoms with Crippen molar-refractivity contribution in [2.75, 3.05) is 11.4 Å². The summed E-state index contributed by atoms with van der Waals surface area (Å²) in [6.07, 6.45) is 0.909. The highest BCUT2D eigenvalue weighted by atomic mass is 32.1. The number of halogens is 1. The molecule has 0 aliphatic heterocycles. The van der Waals surface area contributed by atoms with Crippen LogP contribution >= 0.6 is 11.5 Å². The number of benzene rings is 3. The molecule has 3 aromatic carbocycles. The number of para-hydroxylation sites is 1. The SMILES string of the molecule is O=C(NCCC(=O)N(c1ccccc1)c1cc2c(cc1F)c(=O)c1c(=O)[nH]sc1n2C1CC1)OCc1ccccc1. The van der Waals surface area contributed by atoms with E-state index in [-0.39, 0.29) is 42.1 Å². The molecule has 1 saturated carbocycles. The fourth-order valence-corrected chi connectivity index (χ4v) is 5.78. The minimum Gasteiger partial charge on any atom is -0.445 e. The maximum absolute atomic E-state index is 15.8. The first-order valence-corrected chi connectivity index (χ1v) is 14.0. The molecule has 0 saturated heterocycles. The Labute approximate surface area is 236 Å². The zero-order valence-corrected chi connectivity index (χ0v) is 22.6. The molecule has 0 atom stereocenters. The van der Waals surface area contributed by atoms with Crippen LogP contribution in [0.25, 0.3) is 21.1 Å². The molecule has 1 aliphatic carbocycles. The van der Waals surface area contributed by atoms with Crippen molar-refractivity contribution < 1.29 is 18.7 Å². The average molecular weight is 573 g/mol. The Bertz CT molecular complexity index is 1880. The van der Waals surface area contributed by atoms with Crippen molar-refractivity contribution in [1.29, 1.82) is 0 Å². The largest absolute Gasteiger partial charge is 0.445 e. The van der Waals surface area contributed by atoms with E-state index in [4.69, 9.17) is 4.74 Å². The number of carbonyl (C=O) groups excluding carboxylic acids is 2. The summed E-state index contributed by atoms with van der Waals surface area (Å²) in [7, 11) is 0. The van der Waals surface area contributed by atoms with Gasteiger partial charge in [-0.25, -0.2) is 9.18 Å². The minimum absolute atomic E-state index is 0.0165. The van der Waals surface area contributed by atoms with Gasteiger partial charge in [0.2, 0.25) is 11.3 Å². The Morgan fingerprint density at radius 1 is 1.05 bits per heavy atom. The van der Waals surface area contributed by atoms with Crippen LogP contribution in [0.5, 0.6) is 0 Å². The smallest absolute Gasteiger partial charge is 0.407 e. The van der Waals surface area contributed by atoms with Crippen LogP contribution in [0.15, 0.2) is 82.4 Å². The fraction of sp³-hybridized carbons (Fsp3) is 0.200. The highest BCUT2D eigenvalue weighted by molar-refractivity contribution is 7.12. The molecule has 0 unspecified atom stereocenters. The summed E-state index contributed by atoms with van der Waals surface area (Å²) >= 11 is 1.07. The van der Waals surface area contributed by atoms with E-state index in [1.165, 1.54) is 11.0 Å². The van der Waals surface area contributed by atoms with Crippen molar-refractivity contribution >= 4 is 56.0 Å². The average Bonchev–Trinajstić information content (AvgIpc) is 3.75. The highest BCUT2D eigenvalue weighted by Gasteiger charge is 2.30. The van der Waals surface area contributed by atoms with Gasteiger partial charge in [0.25, 0.3) is 5.56 Å². The normalized spacial score (nSPS) is 12.9. The molecule has 1 aliphatic rings. The number of hydrogen-bond donors (Lipinski definition) is 2.